The second kappa shape index (κ2) is 8.19. The lowest BCUT2D eigenvalue weighted by atomic mass is 10.2. The molecule has 22 heavy (non-hydrogen) atoms. The highest BCUT2D eigenvalue weighted by molar-refractivity contribution is 9.10. The number of nitrogens with zero attached hydrogens (tertiary/aromatic N) is 1. The SMILES string of the molecule is COc1ccccc1/C=N/NC(=O)COc1ccccc1Br. The summed E-state index contributed by atoms with van der Waals surface area (Å²) in [4.78, 5) is 11.7. The molecule has 0 aliphatic heterocycles. The molecule has 2 aromatic carbocycles. The number of para-hydroxylation sites is 2. The van der Waals surface area contributed by atoms with Gasteiger partial charge < -0.3 is 9.47 Å². The maximum Gasteiger partial charge on any atom is 0.277 e. The number of rotatable bonds is 6. The van der Waals surface area contributed by atoms with Gasteiger partial charge in [0, 0.05) is 5.56 Å². The van der Waals surface area contributed by atoms with Crippen LogP contribution in [0.25, 0.3) is 0 Å². The molecular weight excluding hydrogens is 348 g/mol. The normalized spacial score (nSPS) is 10.5. The van der Waals surface area contributed by atoms with Crippen molar-refractivity contribution >= 4 is 28.1 Å². The predicted molar refractivity (Wildman–Crippen MR) is 88.4 cm³/mol. The topological polar surface area (TPSA) is 59.9 Å². The quantitative estimate of drug-likeness (QED) is 0.634. The van der Waals surface area contributed by atoms with Gasteiger partial charge in [0.25, 0.3) is 5.91 Å². The van der Waals surface area contributed by atoms with Gasteiger partial charge in [-0.2, -0.15) is 5.10 Å². The van der Waals surface area contributed by atoms with Gasteiger partial charge in [-0.3, -0.25) is 4.79 Å². The third-order valence-corrected chi connectivity index (χ3v) is 3.38. The molecule has 0 unspecified atom stereocenters. The van der Waals surface area contributed by atoms with Gasteiger partial charge in [-0.15, -0.1) is 0 Å². The highest BCUT2D eigenvalue weighted by Crippen LogP contribution is 2.23. The molecule has 1 N–H and O–H groups in total. The van der Waals surface area contributed by atoms with Crippen molar-refractivity contribution in [2.45, 2.75) is 0 Å². The largest absolute Gasteiger partial charge is 0.496 e. The van der Waals surface area contributed by atoms with E-state index in [1.54, 1.807) is 13.2 Å². The lowest BCUT2D eigenvalue weighted by Crippen LogP contribution is -2.24. The first-order valence-corrected chi connectivity index (χ1v) is 7.32. The van der Waals surface area contributed by atoms with E-state index in [-0.39, 0.29) is 12.5 Å². The number of hydrogen-bond donors (Lipinski definition) is 1. The van der Waals surface area contributed by atoms with Gasteiger partial charge in [0.15, 0.2) is 6.61 Å². The van der Waals surface area contributed by atoms with Crippen LogP contribution in [-0.4, -0.2) is 25.8 Å². The van der Waals surface area contributed by atoms with Crippen molar-refractivity contribution in [2.24, 2.45) is 5.10 Å². The number of amides is 1. The fraction of sp³-hybridized carbons (Fsp3) is 0.125. The molecule has 114 valence electrons. The molecule has 0 saturated heterocycles. The minimum atomic E-state index is -0.345. The standard InChI is InChI=1S/C16H15BrN2O3/c1-21-14-8-4-2-6-12(14)10-18-19-16(20)11-22-15-9-5-3-7-13(15)17/h2-10H,11H2,1H3,(H,19,20)/b18-10+. The zero-order valence-corrected chi connectivity index (χ0v) is 13.5. The van der Waals surface area contributed by atoms with E-state index >= 15 is 0 Å². The first kappa shape index (κ1) is 16.0. The predicted octanol–water partition coefficient (Wildman–Crippen LogP) is 2.99. The van der Waals surface area contributed by atoms with Crippen LogP contribution in [-0.2, 0) is 4.79 Å². The number of methoxy groups -OCH3 is 1. The van der Waals surface area contributed by atoms with Crippen molar-refractivity contribution in [1.29, 1.82) is 0 Å². The van der Waals surface area contributed by atoms with Crippen LogP contribution >= 0.6 is 15.9 Å². The summed E-state index contributed by atoms with van der Waals surface area (Å²) in [7, 11) is 1.58. The second-order valence-electron chi connectivity index (χ2n) is 4.25. The fourth-order valence-corrected chi connectivity index (χ4v) is 2.08. The molecule has 6 heteroatoms. The van der Waals surface area contributed by atoms with Gasteiger partial charge in [-0.05, 0) is 40.2 Å². The molecule has 2 aromatic rings. The van der Waals surface area contributed by atoms with Crippen LogP contribution in [0, 0.1) is 0 Å². The van der Waals surface area contributed by atoms with E-state index in [4.69, 9.17) is 9.47 Å². The van der Waals surface area contributed by atoms with Crippen LogP contribution in [0.4, 0.5) is 0 Å². The molecule has 0 aromatic heterocycles. The van der Waals surface area contributed by atoms with Gasteiger partial charge in [-0.1, -0.05) is 24.3 Å². The van der Waals surface area contributed by atoms with E-state index in [1.165, 1.54) is 6.21 Å². The molecule has 0 aliphatic rings. The lowest BCUT2D eigenvalue weighted by Gasteiger charge is -2.06. The number of carbonyl (C=O) groups is 1. The van der Waals surface area contributed by atoms with E-state index < -0.39 is 0 Å². The number of benzene rings is 2. The molecule has 0 atom stereocenters. The summed E-state index contributed by atoms with van der Waals surface area (Å²) in [5.41, 5.74) is 3.18. The van der Waals surface area contributed by atoms with Crippen molar-refractivity contribution in [3.8, 4) is 11.5 Å². The van der Waals surface area contributed by atoms with Crippen LogP contribution in [0.3, 0.4) is 0 Å². The van der Waals surface area contributed by atoms with Crippen LogP contribution in [0.2, 0.25) is 0 Å². The summed E-state index contributed by atoms with van der Waals surface area (Å²) in [6.07, 6.45) is 1.52. The third-order valence-electron chi connectivity index (χ3n) is 2.73. The molecule has 0 saturated carbocycles. The van der Waals surface area contributed by atoms with E-state index in [9.17, 15) is 4.79 Å². The fourth-order valence-electron chi connectivity index (χ4n) is 1.68. The number of nitrogens with one attached hydrogen (secondary N) is 1. The Labute approximate surface area is 137 Å². The second-order valence-corrected chi connectivity index (χ2v) is 5.11. The van der Waals surface area contributed by atoms with Gasteiger partial charge >= 0.3 is 0 Å². The lowest BCUT2D eigenvalue weighted by molar-refractivity contribution is -0.123. The molecule has 0 aliphatic carbocycles. The maximum atomic E-state index is 11.7. The summed E-state index contributed by atoms with van der Waals surface area (Å²) in [6, 6.07) is 14.7. The van der Waals surface area contributed by atoms with Gasteiger partial charge in [-0.25, -0.2) is 5.43 Å². The van der Waals surface area contributed by atoms with Crippen LogP contribution in [0.5, 0.6) is 11.5 Å². The molecule has 2 rings (SSSR count). The average molecular weight is 363 g/mol. The van der Waals surface area contributed by atoms with Gasteiger partial charge in [0.05, 0.1) is 17.8 Å². The molecular formula is C16H15BrN2O3. The Morgan fingerprint density at radius 3 is 2.59 bits per heavy atom. The van der Waals surface area contributed by atoms with Crippen LogP contribution in [0.15, 0.2) is 58.1 Å². The van der Waals surface area contributed by atoms with E-state index in [1.807, 2.05) is 42.5 Å². The zero-order chi connectivity index (χ0) is 15.8. The Bertz CT molecular complexity index is 674. The molecule has 0 fully saturated rings. The highest BCUT2D eigenvalue weighted by atomic mass is 79.9. The monoisotopic (exact) mass is 362 g/mol. The number of hydrazone groups is 1. The molecule has 0 heterocycles. The Hall–Kier alpha value is -2.34. The summed E-state index contributed by atoms with van der Waals surface area (Å²) < 4.78 is 11.4. The van der Waals surface area contributed by atoms with Crippen molar-refractivity contribution in [2.75, 3.05) is 13.7 Å². The Morgan fingerprint density at radius 2 is 1.86 bits per heavy atom. The minimum Gasteiger partial charge on any atom is -0.496 e. The van der Waals surface area contributed by atoms with E-state index in [2.05, 4.69) is 26.5 Å². The minimum absolute atomic E-state index is 0.119. The average Bonchev–Trinajstić information content (AvgIpc) is 2.54. The maximum absolute atomic E-state index is 11.7. The first-order chi connectivity index (χ1) is 10.7. The Balaban J connectivity index is 1.85. The zero-order valence-electron chi connectivity index (χ0n) is 12.0. The Morgan fingerprint density at radius 1 is 1.18 bits per heavy atom. The Kier molecular flexibility index (Phi) is 5.97. The van der Waals surface area contributed by atoms with Crippen LogP contribution < -0.4 is 14.9 Å². The number of hydrogen-bond acceptors (Lipinski definition) is 4. The molecule has 1 amide bonds. The molecule has 0 bridgehead atoms. The highest BCUT2D eigenvalue weighted by Gasteiger charge is 2.04. The van der Waals surface area contributed by atoms with E-state index in [0.29, 0.717) is 11.5 Å². The summed E-state index contributed by atoms with van der Waals surface area (Å²) in [5.74, 6) is 0.943. The molecule has 5 nitrogen and oxygen atoms in total. The first-order valence-electron chi connectivity index (χ1n) is 6.53. The van der Waals surface area contributed by atoms with Gasteiger partial charge in [0.2, 0.25) is 0 Å². The van der Waals surface area contributed by atoms with Crippen molar-refractivity contribution < 1.29 is 14.3 Å². The van der Waals surface area contributed by atoms with Crippen molar-refractivity contribution in [3.05, 3.63) is 58.6 Å². The van der Waals surface area contributed by atoms with E-state index in [0.717, 1.165) is 10.0 Å². The summed E-state index contributed by atoms with van der Waals surface area (Å²) >= 11 is 3.35. The smallest absolute Gasteiger partial charge is 0.277 e. The van der Waals surface area contributed by atoms with Crippen molar-refractivity contribution in [3.63, 3.8) is 0 Å². The van der Waals surface area contributed by atoms with Crippen molar-refractivity contribution in [1.82, 2.24) is 5.43 Å². The number of carbonyl (C=O) groups excluding carboxylic acids is 1. The molecule has 0 radical (unpaired) electrons. The number of halogens is 1. The van der Waals surface area contributed by atoms with Crippen LogP contribution in [0.1, 0.15) is 5.56 Å². The summed E-state index contributed by atoms with van der Waals surface area (Å²) in [6.45, 7) is -0.119. The third kappa shape index (κ3) is 4.60. The summed E-state index contributed by atoms with van der Waals surface area (Å²) in [5, 5.41) is 3.89. The van der Waals surface area contributed by atoms with Gasteiger partial charge in [0.1, 0.15) is 11.5 Å². The molecule has 0 spiro atoms. The number of ether oxygens (including phenoxy) is 2.